The van der Waals surface area contributed by atoms with Crippen LogP contribution in [0, 0.1) is 0 Å². The van der Waals surface area contributed by atoms with Gasteiger partial charge in [-0.05, 0) is 31.9 Å². The molecule has 1 aromatic heterocycles. The average Bonchev–Trinajstić information content (AvgIpc) is 2.75. The third-order valence-corrected chi connectivity index (χ3v) is 4.47. The van der Waals surface area contributed by atoms with E-state index in [4.69, 9.17) is 4.74 Å². The van der Waals surface area contributed by atoms with E-state index in [1.54, 1.807) is 11.3 Å². The molecule has 5 heteroatoms. The van der Waals surface area contributed by atoms with Crippen molar-refractivity contribution in [2.24, 2.45) is 0 Å². The first-order valence-corrected chi connectivity index (χ1v) is 7.19. The molecule has 2 N–H and O–H groups in total. The summed E-state index contributed by atoms with van der Waals surface area (Å²) in [5.74, 6) is -0.222. The van der Waals surface area contributed by atoms with Gasteiger partial charge in [0.25, 0.3) is 0 Å². The predicted octanol–water partition coefficient (Wildman–Crippen LogP) is 2.39. The minimum Gasteiger partial charge on any atom is -0.465 e. The van der Waals surface area contributed by atoms with Gasteiger partial charge in [-0.25, -0.2) is 4.79 Å². The Bertz CT molecular complexity index is 442. The number of nitrogens with one attached hydrogen (secondary N) is 2. The van der Waals surface area contributed by atoms with Gasteiger partial charge in [0.1, 0.15) is 5.00 Å². The maximum atomic E-state index is 12.0. The van der Waals surface area contributed by atoms with Crippen molar-refractivity contribution in [3.05, 3.63) is 16.0 Å². The fourth-order valence-electron chi connectivity index (χ4n) is 2.08. The Labute approximate surface area is 112 Å². The first-order valence-electron chi connectivity index (χ1n) is 6.37. The Morgan fingerprint density at radius 2 is 2.39 bits per heavy atom. The summed E-state index contributed by atoms with van der Waals surface area (Å²) < 4.78 is 4.92. The van der Waals surface area contributed by atoms with Gasteiger partial charge >= 0.3 is 5.97 Å². The number of hydrogen-bond acceptors (Lipinski definition) is 5. The average molecular weight is 268 g/mol. The minimum atomic E-state index is -0.222. The van der Waals surface area contributed by atoms with Gasteiger partial charge in [0, 0.05) is 17.5 Å². The number of ether oxygens (including phenoxy) is 1. The van der Waals surface area contributed by atoms with Crippen molar-refractivity contribution in [1.29, 1.82) is 0 Å². The van der Waals surface area contributed by atoms with E-state index in [9.17, 15) is 4.79 Å². The van der Waals surface area contributed by atoms with Crippen LogP contribution in [0.25, 0.3) is 0 Å². The number of thiophene rings is 1. The maximum absolute atomic E-state index is 12.0. The van der Waals surface area contributed by atoms with Gasteiger partial charge in [0.15, 0.2) is 0 Å². The number of carbonyl (C=O) groups excluding carboxylic acids is 1. The molecule has 2 rings (SSSR count). The zero-order valence-electron chi connectivity index (χ0n) is 11.1. The standard InChI is InChI=1S/C13H20N2O2S/c1-4-8(2)15-12-11(13(16)17-3)9-5-6-14-7-10(9)18-12/h8,14-15H,4-7H2,1-3H3. The van der Waals surface area contributed by atoms with Crippen LogP contribution in [0.5, 0.6) is 0 Å². The fourth-order valence-corrected chi connectivity index (χ4v) is 3.40. The smallest absolute Gasteiger partial charge is 0.341 e. The molecule has 1 unspecified atom stereocenters. The quantitative estimate of drug-likeness (QED) is 0.823. The molecular weight excluding hydrogens is 248 g/mol. The largest absolute Gasteiger partial charge is 0.465 e. The van der Waals surface area contributed by atoms with Gasteiger partial charge in [0.05, 0.1) is 12.7 Å². The summed E-state index contributed by atoms with van der Waals surface area (Å²) in [4.78, 5) is 13.2. The molecule has 0 aromatic carbocycles. The summed E-state index contributed by atoms with van der Waals surface area (Å²) in [6.45, 7) is 6.03. The Kier molecular flexibility index (Phi) is 4.24. The summed E-state index contributed by atoms with van der Waals surface area (Å²) in [7, 11) is 1.44. The lowest BCUT2D eigenvalue weighted by atomic mass is 10.0. The van der Waals surface area contributed by atoms with E-state index in [-0.39, 0.29) is 5.97 Å². The molecule has 1 atom stereocenters. The van der Waals surface area contributed by atoms with Crippen molar-refractivity contribution < 1.29 is 9.53 Å². The molecule has 0 fully saturated rings. The fraction of sp³-hybridized carbons (Fsp3) is 0.615. The summed E-state index contributed by atoms with van der Waals surface area (Å²) in [6.07, 6.45) is 1.93. The maximum Gasteiger partial charge on any atom is 0.341 e. The van der Waals surface area contributed by atoms with Crippen LogP contribution in [-0.4, -0.2) is 25.7 Å². The first-order chi connectivity index (χ1) is 8.67. The molecular formula is C13H20N2O2S. The summed E-state index contributed by atoms with van der Waals surface area (Å²) in [5.41, 5.74) is 1.91. The van der Waals surface area contributed by atoms with Crippen LogP contribution in [0.2, 0.25) is 0 Å². The molecule has 0 spiro atoms. The molecule has 0 bridgehead atoms. The highest BCUT2D eigenvalue weighted by Crippen LogP contribution is 2.36. The van der Waals surface area contributed by atoms with Crippen LogP contribution in [0.1, 0.15) is 41.1 Å². The van der Waals surface area contributed by atoms with E-state index >= 15 is 0 Å². The van der Waals surface area contributed by atoms with Gasteiger partial charge in [-0.1, -0.05) is 6.92 Å². The molecule has 100 valence electrons. The van der Waals surface area contributed by atoms with Gasteiger partial charge in [-0.3, -0.25) is 0 Å². The van der Waals surface area contributed by atoms with E-state index in [2.05, 4.69) is 24.5 Å². The molecule has 0 radical (unpaired) electrons. The number of hydrogen-bond donors (Lipinski definition) is 2. The molecule has 4 nitrogen and oxygen atoms in total. The van der Waals surface area contributed by atoms with Crippen LogP contribution in [-0.2, 0) is 17.7 Å². The lowest BCUT2D eigenvalue weighted by Gasteiger charge is -2.14. The summed E-state index contributed by atoms with van der Waals surface area (Å²) >= 11 is 1.67. The van der Waals surface area contributed by atoms with E-state index in [1.165, 1.54) is 12.0 Å². The summed E-state index contributed by atoms with van der Waals surface area (Å²) in [5, 5.41) is 7.72. The highest BCUT2D eigenvalue weighted by atomic mass is 32.1. The Hall–Kier alpha value is -1.07. The molecule has 1 aromatic rings. The minimum absolute atomic E-state index is 0.222. The highest BCUT2D eigenvalue weighted by Gasteiger charge is 2.26. The van der Waals surface area contributed by atoms with E-state index in [0.717, 1.165) is 42.1 Å². The van der Waals surface area contributed by atoms with Gasteiger partial charge in [-0.2, -0.15) is 0 Å². The molecule has 0 saturated carbocycles. The van der Waals surface area contributed by atoms with Gasteiger partial charge in [-0.15, -0.1) is 11.3 Å². The summed E-state index contributed by atoms with van der Waals surface area (Å²) in [6, 6.07) is 0.362. The molecule has 1 aliphatic heterocycles. The van der Waals surface area contributed by atoms with E-state index in [0.29, 0.717) is 6.04 Å². The van der Waals surface area contributed by atoms with E-state index in [1.807, 2.05) is 0 Å². The molecule has 2 heterocycles. The number of anilines is 1. The molecule has 18 heavy (non-hydrogen) atoms. The second-order valence-electron chi connectivity index (χ2n) is 4.58. The SMILES string of the molecule is CCC(C)Nc1sc2c(c1C(=O)OC)CCNC2. The van der Waals surface area contributed by atoms with Crippen molar-refractivity contribution in [3.8, 4) is 0 Å². The number of rotatable bonds is 4. The van der Waals surface area contributed by atoms with E-state index < -0.39 is 0 Å². The Morgan fingerprint density at radius 3 is 3.06 bits per heavy atom. The molecule has 0 saturated heterocycles. The monoisotopic (exact) mass is 268 g/mol. The van der Waals surface area contributed by atoms with Crippen LogP contribution in [0.4, 0.5) is 5.00 Å². The predicted molar refractivity (Wildman–Crippen MR) is 74.4 cm³/mol. The van der Waals surface area contributed by atoms with Crippen LogP contribution < -0.4 is 10.6 Å². The van der Waals surface area contributed by atoms with Gasteiger partial charge < -0.3 is 15.4 Å². The van der Waals surface area contributed by atoms with Crippen LogP contribution in [0.3, 0.4) is 0 Å². The lowest BCUT2D eigenvalue weighted by Crippen LogP contribution is -2.23. The van der Waals surface area contributed by atoms with Crippen molar-refractivity contribution in [2.45, 2.75) is 39.3 Å². The highest BCUT2D eigenvalue weighted by molar-refractivity contribution is 7.16. The molecule has 1 aliphatic rings. The third-order valence-electron chi connectivity index (χ3n) is 3.31. The Morgan fingerprint density at radius 1 is 1.61 bits per heavy atom. The second kappa shape index (κ2) is 5.71. The molecule has 0 aliphatic carbocycles. The van der Waals surface area contributed by atoms with Gasteiger partial charge in [0.2, 0.25) is 0 Å². The normalized spacial score (nSPS) is 15.9. The van der Waals surface area contributed by atoms with Crippen molar-refractivity contribution in [2.75, 3.05) is 19.0 Å². The topological polar surface area (TPSA) is 50.4 Å². The molecule has 0 amide bonds. The van der Waals surface area contributed by atoms with Crippen molar-refractivity contribution >= 4 is 22.3 Å². The number of fused-ring (bicyclic) bond motifs is 1. The first kappa shape index (κ1) is 13.4. The zero-order chi connectivity index (χ0) is 13.1. The van der Waals surface area contributed by atoms with Crippen molar-refractivity contribution in [1.82, 2.24) is 5.32 Å². The zero-order valence-corrected chi connectivity index (χ0v) is 11.9. The second-order valence-corrected chi connectivity index (χ2v) is 5.69. The van der Waals surface area contributed by atoms with Crippen LogP contribution in [0.15, 0.2) is 0 Å². The number of esters is 1. The number of carbonyl (C=O) groups is 1. The lowest BCUT2D eigenvalue weighted by molar-refractivity contribution is 0.0601. The van der Waals surface area contributed by atoms with Crippen LogP contribution >= 0.6 is 11.3 Å². The van der Waals surface area contributed by atoms with Crippen molar-refractivity contribution in [3.63, 3.8) is 0 Å². The number of methoxy groups -OCH3 is 1. The third kappa shape index (κ3) is 2.52. The Balaban J connectivity index is 2.38.